The lowest BCUT2D eigenvalue weighted by atomic mass is 9.63. The van der Waals surface area contributed by atoms with Crippen molar-refractivity contribution in [2.45, 2.75) is 161 Å². The lowest BCUT2D eigenvalue weighted by Crippen LogP contribution is -2.54. The zero-order valence-electron chi connectivity index (χ0n) is 55.6. The predicted octanol–water partition coefficient (Wildman–Crippen LogP) is 17.4. The maximum atomic E-state index is 15.1. The Balaban J connectivity index is 1.02. The first kappa shape index (κ1) is 77.3. The molecule has 0 saturated heterocycles. The van der Waals surface area contributed by atoms with E-state index in [0.717, 1.165) is 48.5 Å². The number of ether oxygens (including phenoxy) is 4. The van der Waals surface area contributed by atoms with Gasteiger partial charge in [-0.05, 0) is 189 Å². The number of halogens is 6. The second kappa shape index (κ2) is 28.2. The van der Waals surface area contributed by atoms with Gasteiger partial charge in [0.05, 0.1) is 9.79 Å². The van der Waals surface area contributed by atoms with Crippen LogP contribution in [0.5, 0.6) is 34.5 Å². The van der Waals surface area contributed by atoms with Crippen molar-refractivity contribution < 1.29 is 107 Å². The van der Waals surface area contributed by atoms with Gasteiger partial charge in [-0.15, -0.1) is 0 Å². The first-order chi connectivity index (χ1) is 46.2. The van der Waals surface area contributed by atoms with Crippen LogP contribution in [0.4, 0.5) is 26.3 Å². The zero-order valence-corrected chi connectivity index (χ0v) is 58.9. The van der Waals surface area contributed by atoms with Crippen LogP contribution in [0.2, 0.25) is 0 Å². The van der Waals surface area contributed by atoms with Gasteiger partial charge in [0, 0.05) is 27.7 Å². The number of hydrogen-bond acceptors (Lipinski definition) is 14. The average Bonchev–Trinajstić information content (AvgIpc) is 0.720. The Morgan fingerprint density at radius 2 is 0.690 bits per heavy atom. The second-order valence-electron chi connectivity index (χ2n) is 25.3. The number of carbonyl (C=O) groups is 2. The maximum absolute atomic E-state index is 15.1. The maximum Gasteiger partial charge on any atom is 0.411 e. The highest BCUT2D eigenvalue weighted by Gasteiger charge is 2.72. The molecule has 0 fully saturated rings. The third-order valence-electron chi connectivity index (χ3n) is 18.5. The molecule has 0 radical (unpaired) electrons. The molecule has 0 amide bonds. The summed E-state index contributed by atoms with van der Waals surface area (Å²) in [6, 6.07) is 31.7. The zero-order chi connectivity index (χ0) is 74.4. The van der Waals surface area contributed by atoms with E-state index >= 15 is 26.3 Å². The highest BCUT2D eigenvalue weighted by atomic mass is 32.2. The van der Waals surface area contributed by atoms with Gasteiger partial charge in [0.1, 0.15) is 55.5 Å². The summed E-state index contributed by atoms with van der Waals surface area (Å²) in [4.78, 5) is 24.9. The fourth-order valence-electron chi connectivity index (χ4n) is 12.1. The summed E-state index contributed by atoms with van der Waals surface area (Å²) >= 11 is 0. The average molecular weight is 1470 g/mol. The molecule has 0 bridgehead atoms. The van der Waals surface area contributed by atoms with Gasteiger partial charge in [0.2, 0.25) is 5.41 Å². The van der Waals surface area contributed by atoms with E-state index in [1.807, 2.05) is 6.92 Å². The molecule has 0 aliphatic rings. The number of benzene rings is 8. The van der Waals surface area contributed by atoms with Crippen LogP contribution < -0.4 is 18.9 Å². The van der Waals surface area contributed by atoms with E-state index in [1.54, 1.807) is 98.7 Å². The Bertz CT molecular complexity index is 4870. The van der Waals surface area contributed by atoms with Gasteiger partial charge in [-0.25, -0.2) is 0 Å². The van der Waals surface area contributed by atoms with Gasteiger partial charge in [0.15, 0.2) is 11.6 Å². The van der Waals surface area contributed by atoms with Gasteiger partial charge >= 0.3 is 12.4 Å². The highest BCUT2D eigenvalue weighted by molar-refractivity contribution is 7.86. The van der Waals surface area contributed by atoms with Crippen molar-refractivity contribution >= 4 is 52.0 Å². The van der Waals surface area contributed by atoms with Crippen LogP contribution in [-0.2, 0) is 56.7 Å². The van der Waals surface area contributed by atoms with Crippen molar-refractivity contribution in [1.82, 2.24) is 0 Å². The van der Waals surface area contributed by atoms with Crippen molar-refractivity contribution in [3.8, 4) is 45.6 Å². The molecule has 100 heavy (non-hydrogen) atoms. The fraction of sp³-hybridized carbons (Fsp3) is 0.306. The Morgan fingerprint density at radius 1 is 0.370 bits per heavy atom. The van der Waals surface area contributed by atoms with Gasteiger partial charge < -0.3 is 18.9 Å². The molecule has 8 aromatic carbocycles. The van der Waals surface area contributed by atoms with Crippen LogP contribution in [0.3, 0.4) is 0 Å². The lowest BCUT2D eigenvalue weighted by Gasteiger charge is -2.48. The summed E-state index contributed by atoms with van der Waals surface area (Å²) in [6.45, 7) is 17.5. The summed E-state index contributed by atoms with van der Waals surface area (Å²) in [5.74, 6) is -3.01. The topological polar surface area (TPSA) is 289 Å². The van der Waals surface area contributed by atoms with Crippen molar-refractivity contribution in [2.24, 2.45) is 0 Å². The van der Waals surface area contributed by atoms with Crippen LogP contribution >= 0.6 is 0 Å². The number of alkyl halides is 6. The van der Waals surface area contributed by atoms with Crippen molar-refractivity contribution in [3.05, 3.63) is 214 Å². The lowest BCUT2D eigenvalue weighted by molar-refractivity contribution is -0.288. The summed E-state index contributed by atoms with van der Waals surface area (Å²) in [7, 11) is -20.4. The minimum Gasteiger partial charge on any atom is -0.488 e. The Hall–Kier alpha value is -8.48. The normalized spacial score (nSPS) is 13.7. The van der Waals surface area contributed by atoms with E-state index < -0.39 is 145 Å². The molecule has 18 nitrogen and oxygen atoms in total. The fourth-order valence-corrected chi connectivity index (χ4v) is 15.1. The molecular formula is C72H72F6O18S4. The number of rotatable bonds is 27. The van der Waals surface area contributed by atoms with Crippen molar-refractivity contribution in [2.75, 3.05) is 0 Å². The highest BCUT2D eigenvalue weighted by Crippen LogP contribution is 2.57. The third kappa shape index (κ3) is 15.7. The molecule has 1 unspecified atom stereocenters. The molecule has 0 saturated carbocycles. The second-order valence-corrected chi connectivity index (χ2v) is 30.8. The summed E-state index contributed by atoms with van der Waals surface area (Å²) in [5.41, 5.74) is -10.9. The number of carbonyl (C=O) groups excluding carboxylic acids is 2. The smallest absolute Gasteiger partial charge is 0.411 e. The molecule has 534 valence electrons. The summed E-state index contributed by atoms with van der Waals surface area (Å²) < 4.78 is 259. The largest absolute Gasteiger partial charge is 0.488 e. The quantitative estimate of drug-likeness (QED) is 0.0211. The number of hydrogen-bond donors (Lipinski definition) is 4. The van der Waals surface area contributed by atoms with E-state index in [0.29, 0.717) is 72.2 Å². The molecule has 0 aliphatic heterocycles. The monoisotopic (exact) mass is 1470 g/mol. The molecule has 8 rings (SSSR count). The van der Waals surface area contributed by atoms with Crippen LogP contribution in [0, 0.1) is 0 Å². The Labute approximate surface area is 576 Å². The molecule has 0 heterocycles. The summed E-state index contributed by atoms with van der Waals surface area (Å²) in [6.07, 6.45) is -10.4. The van der Waals surface area contributed by atoms with E-state index in [9.17, 15) is 61.5 Å². The van der Waals surface area contributed by atoms with Crippen molar-refractivity contribution in [3.63, 3.8) is 0 Å². The van der Waals surface area contributed by atoms with E-state index in [1.165, 1.54) is 42.5 Å². The Kier molecular flexibility index (Phi) is 21.8. The predicted molar refractivity (Wildman–Crippen MR) is 360 cm³/mol. The SMILES string of the molecule is CCC(C)(C)Oc1ccc(C(c2ccc(Oc3ccc(C(=O)c4ccc(C(CC)(CC)C(C)(CC)Oc5ccc(-c6ccc(Oc7ccc(C(=O)c8ccc(C(C)(C)CC)c(S(=O)(=O)O)c8)cc7S(=O)(=O)O)cc6)cc5)c(S(=O)(=O)O)c4)cc3S(=O)(=O)O)cc2)(C(F)(F)F)C(F)(F)F)cc1. The molecular weight excluding hydrogens is 1400 g/mol. The van der Waals surface area contributed by atoms with Gasteiger partial charge in [-0.1, -0.05) is 121 Å². The molecule has 1 atom stereocenters. The van der Waals surface area contributed by atoms with Gasteiger partial charge in [0.25, 0.3) is 40.5 Å². The standard InChI is InChI=1S/C72H72F6O18S4/c1-11-66(6,7)56-36-20-46(40-60(56)97(81,82)83)64(79)48-22-38-58(62(42-48)99(87,88)89)93-52-28-16-44(17-29-52)45-18-30-55(31-19-45)96-68(10,13-3)69(14-4,15-5)57-37-21-47(41-61(57)98(84,85)86)65(80)49-23-39-59(63(43-49)100(90,91)92)94-53-32-24-50(25-33-53)70(71(73,74)75,72(76,77)78)51-26-34-54(35-27-51)95-67(8,9)12-2/h16-43H,11-15H2,1-10H3,(H,81,82,83)(H,84,85,86)(H,87,88,89)(H,90,91,92). The van der Waals surface area contributed by atoms with E-state index in [-0.39, 0.29) is 58.8 Å². The first-order valence-corrected chi connectivity index (χ1v) is 36.9. The van der Waals surface area contributed by atoms with E-state index in [2.05, 4.69) is 0 Å². The number of ketones is 2. The van der Waals surface area contributed by atoms with Crippen molar-refractivity contribution in [1.29, 1.82) is 0 Å². The molecule has 4 N–H and O–H groups in total. The molecule has 28 heteroatoms. The molecule has 0 aliphatic carbocycles. The van der Waals surface area contributed by atoms with E-state index in [4.69, 9.17) is 18.9 Å². The molecule has 0 spiro atoms. The van der Waals surface area contributed by atoms with Crippen LogP contribution in [0.1, 0.15) is 155 Å². The Morgan fingerprint density at radius 3 is 1.03 bits per heavy atom. The minimum absolute atomic E-state index is 0.0184. The van der Waals surface area contributed by atoms with Gasteiger partial charge in [-0.3, -0.25) is 27.8 Å². The third-order valence-corrected chi connectivity index (χ3v) is 22.1. The summed E-state index contributed by atoms with van der Waals surface area (Å²) in [5, 5.41) is 0. The van der Waals surface area contributed by atoms with Crippen LogP contribution in [0.25, 0.3) is 11.1 Å². The van der Waals surface area contributed by atoms with Gasteiger partial charge in [-0.2, -0.15) is 60.0 Å². The van der Waals surface area contributed by atoms with Crippen LogP contribution in [0.15, 0.2) is 189 Å². The van der Waals surface area contributed by atoms with Crippen LogP contribution in [-0.4, -0.2) is 87.0 Å². The first-order valence-electron chi connectivity index (χ1n) is 31.1. The molecule has 0 aromatic heterocycles. The minimum atomic E-state index is -5.98. The molecule has 8 aromatic rings.